The summed E-state index contributed by atoms with van der Waals surface area (Å²) < 4.78 is 5.31. The van der Waals surface area contributed by atoms with Crippen LogP contribution in [0.2, 0.25) is 0 Å². The second-order valence-corrected chi connectivity index (χ2v) is 4.04. The number of ether oxygens (including phenoxy) is 1. The molecule has 0 fully saturated rings. The fraction of sp³-hybridized carbons (Fsp3) is 0. The molecular weight excluding hydrogens is 246 g/mol. The van der Waals surface area contributed by atoms with E-state index in [4.69, 9.17) is 4.74 Å². The zero-order valence-corrected chi connectivity index (χ0v) is 9.70. The van der Waals surface area contributed by atoms with Gasteiger partial charge >= 0.3 is 0 Å². The van der Waals surface area contributed by atoms with E-state index in [9.17, 15) is 15.0 Å². The van der Waals surface area contributed by atoms with Crippen LogP contribution in [0, 0.1) is 0 Å². The number of phenolic OH excluding ortho intramolecular Hbond substituents is 2. The molecule has 1 aromatic carbocycles. The van der Waals surface area contributed by atoms with Crippen molar-refractivity contribution < 1.29 is 19.7 Å². The van der Waals surface area contributed by atoms with Crippen LogP contribution in [0.1, 0.15) is 15.9 Å². The highest BCUT2D eigenvalue weighted by atomic mass is 16.5. The highest BCUT2D eigenvalue weighted by Gasteiger charge is 2.31. The van der Waals surface area contributed by atoms with Crippen molar-refractivity contribution in [3.8, 4) is 17.2 Å². The van der Waals surface area contributed by atoms with Crippen LogP contribution in [-0.4, -0.2) is 21.0 Å². The molecule has 1 aromatic heterocycles. The predicted octanol–water partition coefficient (Wildman–Crippen LogP) is 2.11. The summed E-state index contributed by atoms with van der Waals surface area (Å²) in [5.74, 6) is -1.02. The number of benzene rings is 1. The van der Waals surface area contributed by atoms with Crippen LogP contribution in [0.5, 0.6) is 17.2 Å². The van der Waals surface area contributed by atoms with E-state index in [1.54, 1.807) is 24.5 Å². The summed E-state index contributed by atoms with van der Waals surface area (Å²) in [5.41, 5.74) is 0.938. The van der Waals surface area contributed by atoms with Crippen LogP contribution in [0.15, 0.2) is 42.4 Å². The molecule has 1 aliphatic heterocycles. The number of carbonyl (C=O) groups excluding carboxylic acids is 1. The molecular formula is C14H9NO4. The van der Waals surface area contributed by atoms with Gasteiger partial charge in [0.2, 0.25) is 11.5 Å². The first-order valence-corrected chi connectivity index (χ1v) is 5.56. The summed E-state index contributed by atoms with van der Waals surface area (Å²) in [4.78, 5) is 16.0. The van der Waals surface area contributed by atoms with E-state index in [1.165, 1.54) is 18.2 Å². The molecule has 0 amide bonds. The lowest BCUT2D eigenvalue weighted by Gasteiger charge is -2.02. The number of aromatic nitrogens is 1. The van der Waals surface area contributed by atoms with Gasteiger partial charge in [-0.2, -0.15) is 0 Å². The highest BCUT2D eigenvalue weighted by Crippen LogP contribution is 2.44. The number of fused-ring (bicyclic) bond motifs is 1. The molecule has 0 spiro atoms. The van der Waals surface area contributed by atoms with E-state index in [-0.39, 0.29) is 28.6 Å². The van der Waals surface area contributed by atoms with E-state index in [2.05, 4.69) is 4.98 Å². The van der Waals surface area contributed by atoms with Gasteiger partial charge in [-0.25, -0.2) is 0 Å². The maximum Gasteiger partial charge on any atom is 0.232 e. The SMILES string of the molecule is O=C1C(=Cc2cccnc2)Oc2c1ccc(O)c2O. The van der Waals surface area contributed by atoms with Gasteiger partial charge < -0.3 is 14.9 Å². The van der Waals surface area contributed by atoms with Crippen LogP contribution in [0.25, 0.3) is 6.08 Å². The van der Waals surface area contributed by atoms with E-state index in [0.717, 1.165) is 0 Å². The first-order chi connectivity index (χ1) is 9.16. The Morgan fingerprint density at radius 3 is 2.79 bits per heavy atom. The molecule has 0 radical (unpaired) electrons. The van der Waals surface area contributed by atoms with Crippen molar-refractivity contribution in [1.29, 1.82) is 0 Å². The van der Waals surface area contributed by atoms with Gasteiger partial charge in [-0.1, -0.05) is 6.07 Å². The van der Waals surface area contributed by atoms with Gasteiger partial charge in [-0.3, -0.25) is 9.78 Å². The largest absolute Gasteiger partial charge is 0.504 e. The lowest BCUT2D eigenvalue weighted by atomic mass is 10.1. The second-order valence-electron chi connectivity index (χ2n) is 4.04. The molecule has 2 aromatic rings. The molecule has 19 heavy (non-hydrogen) atoms. The van der Waals surface area contributed by atoms with Gasteiger partial charge in [0.15, 0.2) is 17.3 Å². The monoisotopic (exact) mass is 255 g/mol. The summed E-state index contributed by atoms with van der Waals surface area (Å²) in [6, 6.07) is 6.18. The molecule has 0 saturated heterocycles. The highest BCUT2D eigenvalue weighted by molar-refractivity contribution is 6.15. The first kappa shape index (κ1) is 11.3. The normalized spacial score (nSPS) is 15.4. The third-order valence-electron chi connectivity index (χ3n) is 2.77. The minimum absolute atomic E-state index is 0.0138. The summed E-state index contributed by atoms with van der Waals surface area (Å²) in [6.45, 7) is 0. The van der Waals surface area contributed by atoms with E-state index >= 15 is 0 Å². The maximum atomic E-state index is 12.1. The Balaban J connectivity index is 2.05. The van der Waals surface area contributed by atoms with Crippen molar-refractivity contribution in [3.05, 3.63) is 53.5 Å². The second kappa shape index (κ2) is 4.13. The number of hydrogen-bond acceptors (Lipinski definition) is 5. The number of allylic oxidation sites excluding steroid dienone is 1. The Morgan fingerprint density at radius 2 is 2.05 bits per heavy atom. The average Bonchev–Trinajstić information content (AvgIpc) is 2.73. The van der Waals surface area contributed by atoms with Gasteiger partial charge in [0.25, 0.3) is 0 Å². The fourth-order valence-corrected chi connectivity index (χ4v) is 1.84. The van der Waals surface area contributed by atoms with Crippen molar-refractivity contribution >= 4 is 11.9 Å². The third kappa shape index (κ3) is 1.81. The van der Waals surface area contributed by atoms with Crippen molar-refractivity contribution in [2.24, 2.45) is 0 Å². The van der Waals surface area contributed by atoms with Crippen LogP contribution in [0.4, 0.5) is 0 Å². The van der Waals surface area contributed by atoms with Crippen LogP contribution < -0.4 is 4.74 Å². The molecule has 3 rings (SSSR count). The van der Waals surface area contributed by atoms with Gasteiger partial charge in [0, 0.05) is 12.4 Å². The Labute approximate surface area is 108 Å². The average molecular weight is 255 g/mol. The topological polar surface area (TPSA) is 79.7 Å². The first-order valence-electron chi connectivity index (χ1n) is 5.56. The van der Waals surface area contributed by atoms with Crippen LogP contribution >= 0.6 is 0 Å². The van der Waals surface area contributed by atoms with Gasteiger partial charge in [0.1, 0.15) is 0 Å². The Morgan fingerprint density at radius 1 is 1.21 bits per heavy atom. The molecule has 0 aliphatic carbocycles. The van der Waals surface area contributed by atoms with Crippen molar-refractivity contribution in [2.75, 3.05) is 0 Å². The van der Waals surface area contributed by atoms with Crippen molar-refractivity contribution in [1.82, 2.24) is 4.98 Å². The molecule has 1 aliphatic rings. The minimum atomic E-state index is -0.430. The number of carbonyl (C=O) groups is 1. The summed E-state index contributed by atoms with van der Waals surface area (Å²) in [5, 5.41) is 19.0. The lowest BCUT2D eigenvalue weighted by Crippen LogP contribution is -1.97. The Kier molecular flexibility index (Phi) is 2.45. The number of hydrogen-bond donors (Lipinski definition) is 2. The summed E-state index contributed by atoms with van der Waals surface area (Å²) in [6.07, 6.45) is 4.74. The predicted molar refractivity (Wildman–Crippen MR) is 66.9 cm³/mol. The number of rotatable bonds is 1. The Hall–Kier alpha value is -2.82. The number of nitrogens with zero attached hydrogens (tertiary/aromatic N) is 1. The van der Waals surface area contributed by atoms with Crippen LogP contribution in [0.3, 0.4) is 0 Å². The molecule has 2 heterocycles. The quantitative estimate of drug-likeness (QED) is 0.602. The Bertz CT molecular complexity index is 692. The number of phenols is 2. The molecule has 0 unspecified atom stereocenters. The van der Waals surface area contributed by atoms with Crippen LogP contribution in [-0.2, 0) is 0 Å². The fourth-order valence-electron chi connectivity index (χ4n) is 1.84. The standard InChI is InChI=1S/C14H9NO4/c16-10-4-3-9-12(17)11(19-14(9)13(10)18)6-8-2-1-5-15-7-8/h1-7,16,18H. The number of aromatic hydroxyl groups is 2. The number of ketones is 1. The number of Topliss-reactive ketones (excluding diaryl/α,β-unsaturated/α-hetero) is 1. The lowest BCUT2D eigenvalue weighted by molar-refractivity contribution is 0.101. The van der Waals surface area contributed by atoms with E-state index in [0.29, 0.717) is 5.56 Å². The third-order valence-corrected chi connectivity index (χ3v) is 2.77. The minimum Gasteiger partial charge on any atom is -0.504 e. The zero-order valence-electron chi connectivity index (χ0n) is 9.70. The number of pyridine rings is 1. The zero-order chi connectivity index (χ0) is 13.4. The smallest absolute Gasteiger partial charge is 0.232 e. The molecule has 5 heteroatoms. The van der Waals surface area contributed by atoms with Gasteiger partial charge in [-0.15, -0.1) is 0 Å². The summed E-state index contributed by atoms with van der Waals surface area (Å²) >= 11 is 0. The molecule has 0 bridgehead atoms. The summed E-state index contributed by atoms with van der Waals surface area (Å²) in [7, 11) is 0. The molecule has 2 N–H and O–H groups in total. The van der Waals surface area contributed by atoms with Gasteiger partial charge in [0.05, 0.1) is 5.56 Å². The van der Waals surface area contributed by atoms with Crippen molar-refractivity contribution in [2.45, 2.75) is 0 Å². The molecule has 94 valence electrons. The van der Waals surface area contributed by atoms with Gasteiger partial charge in [-0.05, 0) is 29.8 Å². The molecule has 0 saturated carbocycles. The van der Waals surface area contributed by atoms with Crippen molar-refractivity contribution in [3.63, 3.8) is 0 Å². The van der Waals surface area contributed by atoms with E-state index < -0.39 is 5.75 Å². The van der Waals surface area contributed by atoms with E-state index in [1.807, 2.05) is 0 Å². The molecule has 5 nitrogen and oxygen atoms in total. The maximum absolute atomic E-state index is 12.1. The molecule has 0 atom stereocenters.